The highest BCUT2D eigenvalue weighted by Crippen LogP contribution is 2.13. The number of hydrogen-bond donors (Lipinski definition) is 1. The summed E-state index contributed by atoms with van der Waals surface area (Å²) in [7, 11) is 0. The Bertz CT molecular complexity index is 245. The maximum absolute atomic E-state index is 8.96. The van der Waals surface area contributed by atoms with Gasteiger partial charge in [0.2, 0.25) is 0 Å². The Morgan fingerprint density at radius 2 is 1.11 bits per heavy atom. The minimum Gasteiger partial charge on any atom is -0.411 e. The van der Waals surface area contributed by atoms with E-state index in [1.54, 1.807) is 0 Å². The summed E-state index contributed by atoms with van der Waals surface area (Å²) >= 11 is 0. The highest BCUT2D eigenvalue weighted by molar-refractivity contribution is 5.83. The maximum atomic E-state index is 8.96. The van der Waals surface area contributed by atoms with Crippen LogP contribution in [-0.2, 0) is 0 Å². The Balaban J connectivity index is 2.26. The van der Waals surface area contributed by atoms with Crippen molar-refractivity contribution in [2.45, 2.75) is 83.5 Å². The van der Waals surface area contributed by atoms with Gasteiger partial charge in [0.15, 0.2) is 0 Å². The van der Waals surface area contributed by atoms with Crippen molar-refractivity contribution in [1.82, 2.24) is 0 Å². The molecule has 0 radical (unpaired) electrons. The van der Waals surface area contributed by atoms with Gasteiger partial charge in [-0.1, -0.05) is 49.4 Å². The quantitative estimate of drug-likeness (QED) is 0.346. The second-order valence-electron chi connectivity index (χ2n) is 5.40. The molecule has 1 rings (SSSR count). The smallest absolute Gasteiger partial charge is 0.0570 e. The van der Waals surface area contributed by atoms with E-state index in [9.17, 15) is 0 Å². The summed E-state index contributed by atoms with van der Waals surface area (Å²) in [5.74, 6) is 0. The summed E-state index contributed by atoms with van der Waals surface area (Å²) in [5, 5.41) is 12.4. The minimum absolute atomic E-state index is 0.992. The molecule has 0 saturated carbocycles. The van der Waals surface area contributed by atoms with Crippen LogP contribution >= 0.6 is 0 Å². The molecule has 0 aromatic carbocycles. The Labute approximate surface area is 112 Å². The van der Waals surface area contributed by atoms with Crippen LogP contribution in [0.4, 0.5) is 0 Å². The zero-order valence-electron chi connectivity index (χ0n) is 11.7. The van der Waals surface area contributed by atoms with Gasteiger partial charge in [0.05, 0.1) is 5.71 Å². The first kappa shape index (κ1) is 15.3. The van der Waals surface area contributed by atoms with Crippen LogP contribution in [0.1, 0.15) is 83.5 Å². The van der Waals surface area contributed by atoms with E-state index in [-0.39, 0.29) is 0 Å². The predicted molar refractivity (Wildman–Crippen MR) is 78.4 cm³/mol. The van der Waals surface area contributed by atoms with E-state index in [0.29, 0.717) is 0 Å². The highest BCUT2D eigenvalue weighted by Gasteiger charge is 2.01. The topological polar surface area (TPSA) is 32.6 Å². The van der Waals surface area contributed by atoms with Crippen LogP contribution in [0.15, 0.2) is 17.3 Å². The summed E-state index contributed by atoms with van der Waals surface area (Å²) in [6.45, 7) is 0. The molecule has 1 aliphatic rings. The molecule has 0 spiro atoms. The fourth-order valence-electron chi connectivity index (χ4n) is 2.53. The summed E-state index contributed by atoms with van der Waals surface area (Å²) in [4.78, 5) is 0. The van der Waals surface area contributed by atoms with E-state index in [2.05, 4.69) is 17.3 Å². The molecular formula is C16H29NO. The Kier molecular flexibility index (Phi) is 9.59. The molecule has 1 aliphatic carbocycles. The van der Waals surface area contributed by atoms with Gasteiger partial charge in [-0.2, -0.15) is 0 Å². The summed E-state index contributed by atoms with van der Waals surface area (Å²) in [5.41, 5.74) is 1.02. The largest absolute Gasteiger partial charge is 0.411 e. The molecule has 0 aliphatic heterocycles. The van der Waals surface area contributed by atoms with Crippen molar-refractivity contribution in [1.29, 1.82) is 0 Å². The second-order valence-corrected chi connectivity index (χ2v) is 5.40. The number of oxime groups is 1. The van der Waals surface area contributed by atoms with Crippen LogP contribution in [0.25, 0.3) is 0 Å². The number of hydrogen-bond acceptors (Lipinski definition) is 2. The molecule has 2 nitrogen and oxygen atoms in total. The van der Waals surface area contributed by atoms with E-state index in [1.165, 1.54) is 70.6 Å². The maximum Gasteiger partial charge on any atom is 0.0570 e. The molecule has 2 heteroatoms. The molecule has 1 N–H and O–H groups in total. The molecule has 0 fully saturated rings. The third-order valence-corrected chi connectivity index (χ3v) is 3.73. The van der Waals surface area contributed by atoms with Gasteiger partial charge in [0.25, 0.3) is 0 Å². The molecule has 0 amide bonds. The van der Waals surface area contributed by atoms with E-state index >= 15 is 0 Å². The molecule has 0 bridgehead atoms. The van der Waals surface area contributed by atoms with Gasteiger partial charge in [-0.15, -0.1) is 0 Å². The van der Waals surface area contributed by atoms with Crippen LogP contribution in [0.5, 0.6) is 0 Å². The summed E-state index contributed by atoms with van der Waals surface area (Å²) < 4.78 is 0. The van der Waals surface area contributed by atoms with Gasteiger partial charge in [-0.05, 0) is 51.4 Å². The van der Waals surface area contributed by atoms with Gasteiger partial charge in [-0.3, -0.25) is 0 Å². The zero-order chi connectivity index (χ0) is 12.9. The van der Waals surface area contributed by atoms with E-state index in [4.69, 9.17) is 5.21 Å². The van der Waals surface area contributed by atoms with Gasteiger partial charge in [0, 0.05) is 0 Å². The number of nitrogens with zero attached hydrogens (tertiary/aromatic N) is 1. The van der Waals surface area contributed by atoms with E-state index < -0.39 is 0 Å². The van der Waals surface area contributed by atoms with Gasteiger partial charge < -0.3 is 5.21 Å². The van der Waals surface area contributed by atoms with Gasteiger partial charge >= 0.3 is 0 Å². The first-order chi connectivity index (χ1) is 8.93. The van der Waals surface area contributed by atoms with Crippen molar-refractivity contribution >= 4 is 5.71 Å². The Morgan fingerprint density at radius 1 is 0.667 bits per heavy atom. The average Bonchev–Trinajstić information content (AvgIpc) is 2.39. The lowest BCUT2D eigenvalue weighted by atomic mass is 10.0. The Hall–Kier alpha value is -0.790. The van der Waals surface area contributed by atoms with Crippen LogP contribution in [-0.4, -0.2) is 10.9 Å². The first-order valence-corrected chi connectivity index (χ1v) is 7.78. The van der Waals surface area contributed by atoms with Crippen LogP contribution in [0, 0.1) is 0 Å². The van der Waals surface area contributed by atoms with Crippen LogP contribution in [0.3, 0.4) is 0 Å². The third-order valence-electron chi connectivity index (χ3n) is 3.73. The molecular weight excluding hydrogens is 222 g/mol. The minimum atomic E-state index is 0.992. The molecule has 104 valence electrons. The van der Waals surface area contributed by atoms with Crippen molar-refractivity contribution in [3.63, 3.8) is 0 Å². The van der Waals surface area contributed by atoms with E-state index in [1.807, 2.05) is 0 Å². The lowest BCUT2D eigenvalue weighted by Gasteiger charge is -2.05. The molecule has 0 saturated heterocycles. The monoisotopic (exact) mass is 251 g/mol. The van der Waals surface area contributed by atoms with Gasteiger partial charge in [0.1, 0.15) is 0 Å². The molecule has 18 heavy (non-hydrogen) atoms. The lowest BCUT2D eigenvalue weighted by Crippen LogP contribution is -1.99. The molecule has 0 heterocycles. The normalized spacial score (nSPS) is 25.9. The van der Waals surface area contributed by atoms with Crippen molar-refractivity contribution in [2.24, 2.45) is 5.16 Å². The SMILES string of the molecule is O/N=C1/CCCCCC/C=C/CCCCCCC1. The second kappa shape index (κ2) is 11.3. The molecule has 0 unspecified atom stereocenters. The average molecular weight is 251 g/mol. The Morgan fingerprint density at radius 3 is 1.61 bits per heavy atom. The summed E-state index contributed by atoms with van der Waals surface area (Å²) in [6, 6.07) is 0. The van der Waals surface area contributed by atoms with E-state index in [0.717, 1.165) is 18.6 Å². The van der Waals surface area contributed by atoms with Crippen molar-refractivity contribution in [3.05, 3.63) is 12.2 Å². The van der Waals surface area contributed by atoms with Crippen molar-refractivity contribution in [3.8, 4) is 0 Å². The van der Waals surface area contributed by atoms with Crippen molar-refractivity contribution < 1.29 is 5.21 Å². The van der Waals surface area contributed by atoms with Gasteiger partial charge in [-0.25, -0.2) is 0 Å². The standard InChI is InChI=1S/C16H29NO/c18-17-16-14-12-10-8-6-4-2-1-3-5-7-9-11-13-15-16/h1-2,18H,3-15H2/b2-1+,17-16-. The third kappa shape index (κ3) is 8.32. The molecule has 0 aromatic heterocycles. The number of allylic oxidation sites excluding steroid dienone is 2. The zero-order valence-corrected chi connectivity index (χ0v) is 11.7. The fraction of sp³-hybridized carbons (Fsp3) is 0.812. The fourth-order valence-corrected chi connectivity index (χ4v) is 2.53. The number of rotatable bonds is 0. The van der Waals surface area contributed by atoms with Crippen LogP contribution in [0.2, 0.25) is 0 Å². The lowest BCUT2D eigenvalue weighted by molar-refractivity contribution is 0.315. The molecule has 0 aromatic rings. The highest BCUT2D eigenvalue weighted by atomic mass is 16.4. The summed E-state index contributed by atoms with van der Waals surface area (Å²) in [6.07, 6.45) is 20.7. The first-order valence-electron chi connectivity index (χ1n) is 7.78. The predicted octanol–water partition coefficient (Wildman–Crippen LogP) is 5.46. The molecule has 0 atom stereocenters. The van der Waals surface area contributed by atoms with Crippen LogP contribution < -0.4 is 0 Å². The van der Waals surface area contributed by atoms with Crippen molar-refractivity contribution in [2.75, 3.05) is 0 Å².